The van der Waals surface area contributed by atoms with Crippen molar-refractivity contribution in [3.05, 3.63) is 58.9 Å². The predicted molar refractivity (Wildman–Crippen MR) is 100 cm³/mol. The van der Waals surface area contributed by atoms with Crippen molar-refractivity contribution < 1.29 is 9.50 Å². The average molecular weight is 359 g/mol. The molecule has 130 valence electrons. The van der Waals surface area contributed by atoms with Gasteiger partial charge in [0, 0.05) is 22.4 Å². The van der Waals surface area contributed by atoms with E-state index in [2.05, 4.69) is 15.3 Å². The Labute approximate surface area is 148 Å². The number of rotatable bonds is 4. The lowest BCUT2D eigenvalue weighted by atomic mass is 9.91. The molecule has 0 bridgehead atoms. The molecular formula is C17H18FN5OS. The standard InChI is InChI=1S/C17H18FN5OS/c1-17(8-11(9-24)25-16(20)23-17)12-7-10(4-5-13(12)18)22-15-14(19)3-2-6-21-15/h2-8,24H,9,19H2,1H3,(H2,20,23)(H,21,22)/t17-/m0/s1. The fourth-order valence-electron chi connectivity index (χ4n) is 2.63. The van der Waals surface area contributed by atoms with Crippen molar-refractivity contribution in [3.63, 3.8) is 0 Å². The highest BCUT2D eigenvalue weighted by Crippen LogP contribution is 2.38. The maximum atomic E-state index is 14.5. The van der Waals surface area contributed by atoms with Crippen molar-refractivity contribution in [2.75, 3.05) is 17.7 Å². The quantitative estimate of drug-likeness (QED) is 0.668. The molecule has 0 spiro atoms. The largest absolute Gasteiger partial charge is 0.396 e. The molecule has 0 amide bonds. The van der Waals surface area contributed by atoms with Gasteiger partial charge in [0.2, 0.25) is 0 Å². The summed E-state index contributed by atoms with van der Waals surface area (Å²) in [7, 11) is 0. The number of halogens is 1. The summed E-state index contributed by atoms with van der Waals surface area (Å²) >= 11 is 1.17. The Balaban J connectivity index is 2.01. The van der Waals surface area contributed by atoms with Gasteiger partial charge in [0.05, 0.1) is 12.3 Å². The molecule has 0 saturated heterocycles. The van der Waals surface area contributed by atoms with E-state index in [9.17, 15) is 9.50 Å². The van der Waals surface area contributed by atoms with Crippen LogP contribution in [0.4, 0.5) is 21.6 Å². The van der Waals surface area contributed by atoms with E-state index >= 15 is 0 Å². The summed E-state index contributed by atoms with van der Waals surface area (Å²) in [6.07, 6.45) is 3.33. The minimum atomic E-state index is -1.01. The summed E-state index contributed by atoms with van der Waals surface area (Å²) in [5.74, 6) is 0.0676. The maximum absolute atomic E-state index is 14.5. The number of hydrogen-bond acceptors (Lipinski definition) is 7. The second-order valence-electron chi connectivity index (χ2n) is 5.73. The summed E-state index contributed by atoms with van der Waals surface area (Å²) in [5, 5.41) is 12.8. The van der Waals surface area contributed by atoms with Crippen LogP contribution < -0.4 is 16.8 Å². The molecule has 0 radical (unpaired) electrons. The minimum absolute atomic E-state index is 0.180. The van der Waals surface area contributed by atoms with Gasteiger partial charge >= 0.3 is 0 Å². The van der Waals surface area contributed by atoms with Crippen LogP contribution in [0.1, 0.15) is 12.5 Å². The van der Waals surface area contributed by atoms with Crippen LogP contribution in [0.3, 0.4) is 0 Å². The number of aliphatic imine (C=N–C) groups is 1. The molecule has 6 nitrogen and oxygen atoms in total. The van der Waals surface area contributed by atoms with Crippen LogP contribution in [0.15, 0.2) is 52.5 Å². The smallest absolute Gasteiger partial charge is 0.159 e. The van der Waals surface area contributed by atoms with Crippen LogP contribution in [0.5, 0.6) is 0 Å². The van der Waals surface area contributed by atoms with E-state index in [0.717, 1.165) is 0 Å². The van der Waals surface area contributed by atoms with Crippen molar-refractivity contribution in [2.24, 2.45) is 10.7 Å². The third-order valence-corrected chi connectivity index (χ3v) is 4.60. The van der Waals surface area contributed by atoms with Gasteiger partial charge in [0.1, 0.15) is 11.4 Å². The summed E-state index contributed by atoms with van der Waals surface area (Å²) in [4.78, 5) is 9.16. The molecule has 3 rings (SSSR count). The number of nitrogens with two attached hydrogens (primary N) is 2. The molecule has 0 unspecified atom stereocenters. The highest BCUT2D eigenvalue weighted by atomic mass is 32.2. The van der Waals surface area contributed by atoms with E-state index in [1.807, 2.05) is 0 Å². The predicted octanol–water partition coefficient (Wildman–Crippen LogP) is 2.70. The van der Waals surface area contributed by atoms with Gasteiger partial charge in [0.15, 0.2) is 11.0 Å². The molecule has 1 aromatic carbocycles. The zero-order chi connectivity index (χ0) is 18.0. The van der Waals surface area contributed by atoms with Crippen molar-refractivity contribution in [1.82, 2.24) is 4.98 Å². The van der Waals surface area contributed by atoms with Gasteiger partial charge in [-0.2, -0.15) is 0 Å². The van der Waals surface area contributed by atoms with Crippen LogP contribution in [0.2, 0.25) is 0 Å². The van der Waals surface area contributed by atoms with Gasteiger partial charge in [-0.3, -0.25) is 0 Å². The van der Waals surface area contributed by atoms with Crippen molar-refractivity contribution in [1.29, 1.82) is 0 Å². The monoisotopic (exact) mass is 359 g/mol. The van der Waals surface area contributed by atoms with E-state index in [1.54, 1.807) is 43.5 Å². The van der Waals surface area contributed by atoms with Gasteiger partial charge in [-0.15, -0.1) is 0 Å². The molecule has 8 heteroatoms. The van der Waals surface area contributed by atoms with Gasteiger partial charge in [-0.1, -0.05) is 11.8 Å². The zero-order valence-electron chi connectivity index (χ0n) is 13.5. The van der Waals surface area contributed by atoms with E-state index < -0.39 is 11.4 Å². The Bertz CT molecular complexity index is 870. The van der Waals surface area contributed by atoms with E-state index in [1.165, 1.54) is 17.8 Å². The molecule has 1 aromatic heterocycles. The summed E-state index contributed by atoms with van der Waals surface area (Å²) in [5.41, 5.74) is 12.2. The van der Waals surface area contributed by atoms with E-state index in [0.29, 0.717) is 27.7 Å². The third kappa shape index (κ3) is 3.59. The summed E-state index contributed by atoms with van der Waals surface area (Å²) < 4.78 is 14.5. The Hall–Kier alpha value is -2.58. The lowest BCUT2D eigenvalue weighted by Crippen LogP contribution is -2.27. The first-order valence-corrected chi connectivity index (χ1v) is 8.36. The molecule has 25 heavy (non-hydrogen) atoms. The van der Waals surface area contributed by atoms with Crippen molar-refractivity contribution in [2.45, 2.75) is 12.5 Å². The molecule has 1 aliphatic rings. The molecule has 0 fully saturated rings. The number of hydrogen-bond donors (Lipinski definition) is 4. The van der Waals surface area contributed by atoms with Gasteiger partial charge < -0.3 is 21.9 Å². The number of amidine groups is 1. The number of aromatic nitrogens is 1. The second kappa shape index (κ2) is 6.73. The maximum Gasteiger partial charge on any atom is 0.159 e. The third-order valence-electron chi connectivity index (χ3n) is 3.79. The number of pyridine rings is 1. The normalized spacial score (nSPS) is 20.0. The molecule has 6 N–H and O–H groups in total. The number of benzene rings is 1. The number of thioether (sulfide) groups is 1. The number of nitrogens with zero attached hydrogens (tertiary/aromatic N) is 2. The fraction of sp³-hybridized carbons (Fsp3) is 0.176. The first-order valence-electron chi connectivity index (χ1n) is 7.54. The van der Waals surface area contributed by atoms with Gasteiger partial charge in [-0.05, 0) is 43.3 Å². The molecule has 1 aliphatic heterocycles. The Morgan fingerprint density at radius 3 is 2.84 bits per heavy atom. The van der Waals surface area contributed by atoms with Crippen LogP contribution in [0, 0.1) is 5.82 Å². The van der Waals surface area contributed by atoms with Gasteiger partial charge in [0.25, 0.3) is 0 Å². The lowest BCUT2D eigenvalue weighted by Gasteiger charge is -2.28. The number of aliphatic hydroxyl groups is 1. The zero-order valence-corrected chi connectivity index (χ0v) is 14.3. The SMILES string of the molecule is C[C@@]1(c2cc(Nc3ncccc3N)ccc2F)C=C(CO)SC(N)=N1. The van der Waals surface area contributed by atoms with E-state index in [4.69, 9.17) is 11.5 Å². The highest BCUT2D eigenvalue weighted by Gasteiger charge is 2.31. The minimum Gasteiger partial charge on any atom is -0.396 e. The van der Waals surface area contributed by atoms with Crippen molar-refractivity contribution >= 4 is 34.1 Å². The number of nitrogen functional groups attached to an aromatic ring is 1. The van der Waals surface area contributed by atoms with Crippen LogP contribution in [0.25, 0.3) is 0 Å². The second-order valence-corrected chi connectivity index (χ2v) is 6.88. The first kappa shape index (κ1) is 17.2. The molecule has 0 aliphatic carbocycles. The van der Waals surface area contributed by atoms with Gasteiger partial charge in [-0.25, -0.2) is 14.4 Å². The van der Waals surface area contributed by atoms with E-state index in [-0.39, 0.29) is 11.8 Å². The molecule has 2 aromatic rings. The van der Waals surface area contributed by atoms with Crippen LogP contribution in [-0.2, 0) is 5.54 Å². The highest BCUT2D eigenvalue weighted by molar-refractivity contribution is 8.17. The van der Waals surface area contributed by atoms with Crippen molar-refractivity contribution in [3.8, 4) is 0 Å². The number of aliphatic hydroxyl groups excluding tert-OH is 1. The number of anilines is 3. The molecule has 0 saturated carbocycles. The van der Waals surface area contributed by atoms with Crippen LogP contribution in [-0.4, -0.2) is 21.9 Å². The number of nitrogens with one attached hydrogen (secondary N) is 1. The first-order chi connectivity index (χ1) is 11.9. The Morgan fingerprint density at radius 2 is 2.12 bits per heavy atom. The molecule has 2 heterocycles. The Morgan fingerprint density at radius 1 is 1.32 bits per heavy atom. The molecule has 1 atom stereocenters. The summed E-state index contributed by atoms with van der Waals surface area (Å²) in [6, 6.07) is 8.04. The average Bonchev–Trinajstić information content (AvgIpc) is 2.57. The van der Waals surface area contributed by atoms with Crippen LogP contribution >= 0.6 is 11.8 Å². The fourth-order valence-corrected chi connectivity index (χ4v) is 3.48. The topological polar surface area (TPSA) is 110 Å². The summed E-state index contributed by atoms with van der Waals surface area (Å²) in [6.45, 7) is 1.56. The molecular weight excluding hydrogens is 341 g/mol. The Kier molecular flexibility index (Phi) is 4.65. The lowest BCUT2D eigenvalue weighted by molar-refractivity contribution is 0.337.